The molecule has 1 aliphatic carbocycles. The number of rotatable bonds is 2. The van der Waals surface area contributed by atoms with E-state index >= 15 is 0 Å². The van der Waals surface area contributed by atoms with Gasteiger partial charge in [-0.3, -0.25) is 4.79 Å². The summed E-state index contributed by atoms with van der Waals surface area (Å²) in [6.07, 6.45) is 0.838. The van der Waals surface area contributed by atoms with Gasteiger partial charge in [-0.05, 0) is 64.5 Å². The van der Waals surface area contributed by atoms with Crippen molar-refractivity contribution in [3.8, 4) is 0 Å². The van der Waals surface area contributed by atoms with Gasteiger partial charge in [-0.1, -0.05) is 30.3 Å². The summed E-state index contributed by atoms with van der Waals surface area (Å²) in [6, 6.07) is 12.2. The van der Waals surface area contributed by atoms with Gasteiger partial charge in [0.05, 0.1) is 11.6 Å². The van der Waals surface area contributed by atoms with Crippen LogP contribution >= 0.6 is 15.9 Å². The van der Waals surface area contributed by atoms with Crippen LogP contribution in [0, 0.1) is 13.8 Å². The van der Waals surface area contributed by atoms with Crippen LogP contribution in [-0.2, 0) is 11.2 Å². The summed E-state index contributed by atoms with van der Waals surface area (Å²) >= 11 is 3.53. The third-order valence-electron chi connectivity index (χ3n) is 3.85. The molecule has 0 bridgehead atoms. The first-order valence-electron chi connectivity index (χ1n) is 6.71. The van der Waals surface area contributed by atoms with E-state index in [1.807, 2.05) is 38.1 Å². The number of aryl methyl sites for hydroxylation is 2. The van der Waals surface area contributed by atoms with Crippen molar-refractivity contribution in [2.45, 2.75) is 26.2 Å². The molecule has 1 aliphatic rings. The Morgan fingerprint density at radius 3 is 2.70 bits per heavy atom. The Bertz CT molecular complexity index is 670. The maximum atomic E-state index is 12.4. The molecule has 1 atom stereocenters. The maximum absolute atomic E-state index is 12.4. The summed E-state index contributed by atoms with van der Waals surface area (Å²) < 4.78 is 0.941. The first-order chi connectivity index (χ1) is 9.56. The van der Waals surface area contributed by atoms with Crippen LogP contribution in [-0.4, -0.2) is 5.91 Å². The lowest BCUT2D eigenvalue weighted by Crippen LogP contribution is -2.30. The molecule has 0 spiro atoms. The van der Waals surface area contributed by atoms with Crippen LogP contribution in [0.5, 0.6) is 0 Å². The minimum absolute atomic E-state index is 0.0150. The van der Waals surface area contributed by atoms with Crippen molar-refractivity contribution in [1.82, 2.24) is 0 Å². The molecule has 1 N–H and O–H groups in total. The van der Waals surface area contributed by atoms with E-state index in [1.54, 1.807) is 0 Å². The van der Waals surface area contributed by atoms with Gasteiger partial charge < -0.3 is 5.32 Å². The fourth-order valence-electron chi connectivity index (χ4n) is 2.78. The zero-order valence-corrected chi connectivity index (χ0v) is 13.1. The monoisotopic (exact) mass is 329 g/mol. The molecule has 1 amide bonds. The van der Waals surface area contributed by atoms with Gasteiger partial charge in [-0.25, -0.2) is 0 Å². The Morgan fingerprint density at radius 2 is 2.00 bits per heavy atom. The topological polar surface area (TPSA) is 29.1 Å². The summed E-state index contributed by atoms with van der Waals surface area (Å²) in [4.78, 5) is 12.4. The van der Waals surface area contributed by atoms with Crippen molar-refractivity contribution in [3.63, 3.8) is 0 Å². The van der Waals surface area contributed by atoms with Crippen LogP contribution < -0.4 is 5.32 Å². The molecular formula is C17H16BrNO. The average molecular weight is 330 g/mol. The van der Waals surface area contributed by atoms with Crippen molar-refractivity contribution in [3.05, 3.63) is 63.1 Å². The van der Waals surface area contributed by atoms with Crippen molar-refractivity contribution in [1.29, 1.82) is 0 Å². The predicted octanol–water partition coefficient (Wildman–Crippen LogP) is 4.34. The standard InChI is InChI=1S/C17H16BrNO/c1-10-7-11(2)16(15(18)8-10)19-17(20)14-9-12-5-3-4-6-13(12)14/h3-8,14H,9H2,1-2H3,(H,19,20). The largest absolute Gasteiger partial charge is 0.324 e. The molecule has 102 valence electrons. The summed E-state index contributed by atoms with van der Waals surface area (Å²) in [5.74, 6) is 0.0650. The number of fused-ring (bicyclic) bond motifs is 1. The van der Waals surface area contributed by atoms with E-state index < -0.39 is 0 Å². The van der Waals surface area contributed by atoms with Crippen LogP contribution in [0.15, 0.2) is 40.9 Å². The molecule has 2 aromatic rings. The van der Waals surface area contributed by atoms with E-state index in [0.717, 1.165) is 27.7 Å². The minimum Gasteiger partial charge on any atom is -0.324 e. The number of nitrogens with one attached hydrogen (secondary N) is 1. The second-order valence-corrected chi connectivity index (χ2v) is 6.24. The van der Waals surface area contributed by atoms with Gasteiger partial charge in [0.1, 0.15) is 0 Å². The molecule has 2 nitrogen and oxygen atoms in total. The number of hydrogen-bond donors (Lipinski definition) is 1. The quantitative estimate of drug-likeness (QED) is 0.872. The number of carbonyl (C=O) groups excluding carboxylic acids is 1. The molecule has 0 aliphatic heterocycles. The molecule has 3 rings (SSSR count). The van der Waals surface area contributed by atoms with Gasteiger partial charge >= 0.3 is 0 Å². The van der Waals surface area contributed by atoms with E-state index in [9.17, 15) is 4.79 Å². The summed E-state index contributed by atoms with van der Waals surface area (Å²) in [5.41, 5.74) is 5.59. The number of carbonyl (C=O) groups is 1. The van der Waals surface area contributed by atoms with Crippen LogP contribution in [0.2, 0.25) is 0 Å². The summed E-state index contributed by atoms with van der Waals surface area (Å²) in [5, 5.41) is 3.06. The summed E-state index contributed by atoms with van der Waals surface area (Å²) in [6.45, 7) is 4.06. The highest BCUT2D eigenvalue weighted by Gasteiger charge is 2.32. The molecule has 2 aromatic carbocycles. The number of halogens is 1. The second kappa shape index (κ2) is 5.06. The third kappa shape index (κ3) is 2.27. The number of anilines is 1. The van der Waals surface area contributed by atoms with Gasteiger partial charge in [-0.15, -0.1) is 0 Å². The summed E-state index contributed by atoms with van der Waals surface area (Å²) in [7, 11) is 0. The number of hydrogen-bond acceptors (Lipinski definition) is 1. The van der Waals surface area contributed by atoms with E-state index in [-0.39, 0.29) is 11.8 Å². The smallest absolute Gasteiger partial charge is 0.232 e. The molecular weight excluding hydrogens is 314 g/mol. The van der Waals surface area contributed by atoms with Crippen molar-refractivity contribution in [2.75, 3.05) is 5.32 Å². The Labute approximate surface area is 127 Å². The highest BCUT2D eigenvalue weighted by Crippen LogP contribution is 2.36. The molecule has 0 saturated carbocycles. The predicted molar refractivity (Wildman–Crippen MR) is 85.1 cm³/mol. The van der Waals surface area contributed by atoms with Crippen molar-refractivity contribution >= 4 is 27.5 Å². The Kier molecular flexibility index (Phi) is 3.38. The molecule has 1 unspecified atom stereocenters. The average Bonchev–Trinajstić information content (AvgIpc) is 2.35. The fraction of sp³-hybridized carbons (Fsp3) is 0.235. The molecule has 0 fully saturated rings. The van der Waals surface area contributed by atoms with Gasteiger partial charge in [-0.2, -0.15) is 0 Å². The highest BCUT2D eigenvalue weighted by atomic mass is 79.9. The molecule has 20 heavy (non-hydrogen) atoms. The Balaban J connectivity index is 1.82. The van der Waals surface area contributed by atoms with Crippen LogP contribution in [0.4, 0.5) is 5.69 Å². The first-order valence-corrected chi connectivity index (χ1v) is 7.51. The fourth-order valence-corrected chi connectivity index (χ4v) is 3.55. The van der Waals surface area contributed by atoms with Crippen LogP contribution in [0.1, 0.15) is 28.2 Å². The lowest BCUT2D eigenvalue weighted by Gasteiger charge is -2.29. The van der Waals surface area contributed by atoms with E-state index in [4.69, 9.17) is 0 Å². The van der Waals surface area contributed by atoms with Gasteiger partial charge in [0.2, 0.25) is 5.91 Å². The lowest BCUT2D eigenvalue weighted by molar-refractivity contribution is -0.118. The van der Waals surface area contributed by atoms with Gasteiger partial charge in [0, 0.05) is 4.47 Å². The van der Waals surface area contributed by atoms with E-state index in [0.29, 0.717) is 0 Å². The Hall–Kier alpha value is -1.61. The first kappa shape index (κ1) is 13.4. The van der Waals surface area contributed by atoms with Gasteiger partial charge in [0.25, 0.3) is 0 Å². The second-order valence-electron chi connectivity index (χ2n) is 5.38. The van der Waals surface area contributed by atoms with E-state index in [2.05, 4.69) is 33.4 Å². The molecule has 0 heterocycles. The van der Waals surface area contributed by atoms with E-state index in [1.165, 1.54) is 11.1 Å². The third-order valence-corrected chi connectivity index (χ3v) is 4.48. The highest BCUT2D eigenvalue weighted by molar-refractivity contribution is 9.10. The number of amides is 1. The molecule has 0 radical (unpaired) electrons. The van der Waals surface area contributed by atoms with Crippen LogP contribution in [0.3, 0.4) is 0 Å². The van der Waals surface area contributed by atoms with Gasteiger partial charge in [0.15, 0.2) is 0 Å². The maximum Gasteiger partial charge on any atom is 0.232 e. The zero-order chi connectivity index (χ0) is 14.3. The SMILES string of the molecule is Cc1cc(C)c(NC(=O)C2Cc3ccccc32)c(Br)c1. The molecule has 0 aromatic heterocycles. The number of benzene rings is 2. The van der Waals surface area contributed by atoms with Crippen molar-refractivity contribution in [2.24, 2.45) is 0 Å². The molecule has 0 saturated heterocycles. The minimum atomic E-state index is -0.0150. The normalized spacial score (nSPS) is 16.2. The molecule has 3 heteroatoms. The lowest BCUT2D eigenvalue weighted by atomic mass is 9.77. The zero-order valence-electron chi connectivity index (χ0n) is 11.5. The van der Waals surface area contributed by atoms with Crippen LogP contribution in [0.25, 0.3) is 0 Å². The van der Waals surface area contributed by atoms with Crippen molar-refractivity contribution < 1.29 is 4.79 Å². The Morgan fingerprint density at radius 1 is 1.25 bits per heavy atom.